The predicted octanol–water partition coefficient (Wildman–Crippen LogP) is 3.02. The van der Waals surface area contributed by atoms with Crippen LogP contribution in [0.15, 0.2) is 65.9 Å². The minimum Gasteiger partial charge on any atom is -0.506 e. The number of phenols is 1. The molecule has 5 nitrogen and oxygen atoms in total. The molecule has 0 saturated heterocycles. The Bertz CT molecular complexity index is 876. The van der Waals surface area contributed by atoms with Gasteiger partial charge in [-0.3, -0.25) is 9.78 Å². The number of aromatic hydroxyl groups is 1. The SMILES string of the molecule is O=C(CCc1ccccc1)N/N=C\c1ccc(O)c2ncccc12. The molecule has 3 aromatic rings. The van der Waals surface area contributed by atoms with Crippen molar-refractivity contribution >= 4 is 23.0 Å². The number of nitrogens with zero attached hydrogens (tertiary/aromatic N) is 2. The predicted molar refractivity (Wildman–Crippen MR) is 93.9 cm³/mol. The molecule has 24 heavy (non-hydrogen) atoms. The summed E-state index contributed by atoms with van der Waals surface area (Å²) in [7, 11) is 0. The Morgan fingerprint density at radius 3 is 2.79 bits per heavy atom. The summed E-state index contributed by atoms with van der Waals surface area (Å²) in [6.07, 6.45) is 4.23. The van der Waals surface area contributed by atoms with Crippen LogP contribution in [0.4, 0.5) is 0 Å². The van der Waals surface area contributed by atoms with Crippen molar-refractivity contribution in [2.24, 2.45) is 5.10 Å². The lowest BCUT2D eigenvalue weighted by Crippen LogP contribution is -2.17. The van der Waals surface area contributed by atoms with Gasteiger partial charge in [-0.05, 0) is 30.2 Å². The first-order valence-electron chi connectivity index (χ1n) is 7.66. The number of carbonyl (C=O) groups excluding carboxylic acids is 1. The standard InChI is InChI=1S/C19H17N3O2/c23-17-10-9-15(16-7-4-12-20-19(16)17)13-21-22-18(24)11-8-14-5-2-1-3-6-14/h1-7,9-10,12-13,23H,8,11H2,(H,22,24)/b21-13-. The van der Waals surface area contributed by atoms with Crippen LogP contribution in [0.5, 0.6) is 5.75 Å². The Morgan fingerprint density at radius 2 is 1.96 bits per heavy atom. The summed E-state index contributed by atoms with van der Waals surface area (Å²) >= 11 is 0. The molecule has 0 fully saturated rings. The number of aryl methyl sites for hydroxylation is 1. The molecule has 1 heterocycles. The summed E-state index contributed by atoms with van der Waals surface area (Å²) < 4.78 is 0. The minimum absolute atomic E-state index is 0.120. The van der Waals surface area contributed by atoms with E-state index in [1.165, 1.54) is 0 Å². The zero-order valence-corrected chi connectivity index (χ0v) is 13.0. The highest BCUT2D eigenvalue weighted by molar-refractivity contribution is 6.00. The van der Waals surface area contributed by atoms with Gasteiger partial charge in [0.2, 0.25) is 5.91 Å². The third kappa shape index (κ3) is 3.76. The summed E-state index contributed by atoms with van der Waals surface area (Å²) in [6.45, 7) is 0. The second-order valence-electron chi connectivity index (χ2n) is 5.35. The number of aromatic nitrogens is 1. The largest absolute Gasteiger partial charge is 0.506 e. The number of hydrogen-bond donors (Lipinski definition) is 2. The van der Waals surface area contributed by atoms with Crippen LogP contribution in [-0.2, 0) is 11.2 Å². The molecule has 0 unspecified atom stereocenters. The van der Waals surface area contributed by atoms with Gasteiger partial charge in [0.05, 0.1) is 6.21 Å². The molecule has 0 saturated carbocycles. The Balaban J connectivity index is 1.62. The van der Waals surface area contributed by atoms with E-state index in [2.05, 4.69) is 15.5 Å². The number of carbonyl (C=O) groups is 1. The summed E-state index contributed by atoms with van der Waals surface area (Å²) in [4.78, 5) is 16.0. The number of amides is 1. The number of hydrogen-bond acceptors (Lipinski definition) is 4. The lowest BCUT2D eigenvalue weighted by molar-refractivity contribution is -0.121. The molecule has 5 heteroatoms. The monoisotopic (exact) mass is 319 g/mol. The van der Waals surface area contributed by atoms with E-state index < -0.39 is 0 Å². The first kappa shape index (κ1) is 15.7. The van der Waals surface area contributed by atoms with E-state index >= 15 is 0 Å². The summed E-state index contributed by atoms with van der Waals surface area (Å²) in [6, 6.07) is 16.8. The van der Waals surface area contributed by atoms with Gasteiger partial charge in [-0.1, -0.05) is 36.4 Å². The molecule has 120 valence electrons. The molecule has 1 aromatic heterocycles. The zero-order chi connectivity index (χ0) is 16.8. The fourth-order valence-corrected chi connectivity index (χ4v) is 2.42. The van der Waals surface area contributed by atoms with Gasteiger partial charge in [0, 0.05) is 23.6 Å². The Morgan fingerprint density at radius 1 is 1.12 bits per heavy atom. The minimum atomic E-state index is -0.142. The Hall–Kier alpha value is -3.21. The molecule has 0 spiro atoms. The summed E-state index contributed by atoms with van der Waals surface area (Å²) in [5, 5.41) is 14.6. The number of benzene rings is 2. The third-order valence-electron chi connectivity index (χ3n) is 3.66. The molecule has 0 aliphatic rings. The van der Waals surface area contributed by atoms with Gasteiger partial charge in [-0.25, -0.2) is 5.43 Å². The van der Waals surface area contributed by atoms with E-state index in [0.717, 1.165) is 16.5 Å². The number of phenolic OH excluding ortho intramolecular Hbond substituents is 1. The molecule has 0 aliphatic heterocycles. The van der Waals surface area contributed by atoms with E-state index in [-0.39, 0.29) is 11.7 Å². The molecule has 3 rings (SSSR count). The highest BCUT2D eigenvalue weighted by Crippen LogP contribution is 2.24. The molecule has 0 aliphatic carbocycles. The van der Waals surface area contributed by atoms with Crippen molar-refractivity contribution in [3.05, 3.63) is 71.9 Å². The van der Waals surface area contributed by atoms with Crippen molar-refractivity contribution in [3.8, 4) is 5.75 Å². The van der Waals surface area contributed by atoms with Crippen LogP contribution in [0.2, 0.25) is 0 Å². The normalized spacial score (nSPS) is 11.0. The number of pyridine rings is 1. The Kier molecular flexibility index (Phi) is 4.81. The number of nitrogens with one attached hydrogen (secondary N) is 1. The second kappa shape index (κ2) is 7.37. The maximum absolute atomic E-state index is 11.8. The van der Waals surface area contributed by atoms with Crippen LogP contribution in [0.1, 0.15) is 17.5 Å². The van der Waals surface area contributed by atoms with Crippen molar-refractivity contribution in [2.75, 3.05) is 0 Å². The molecular formula is C19H17N3O2. The summed E-state index contributed by atoms with van der Waals surface area (Å²) in [5.41, 5.74) is 4.93. The molecule has 2 aromatic carbocycles. The van der Waals surface area contributed by atoms with Crippen molar-refractivity contribution in [1.29, 1.82) is 0 Å². The van der Waals surface area contributed by atoms with E-state index in [4.69, 9.17) is 0 Å². The molecule has 2 N–H and O–H groups in total. The van der Waals surface area contributed by atoms with Crippen LogP contribution in [0.3, 0.4) is 0 Å². The van der Waals surface area contributed by atoms with Gasteiger partial charge in [-0.15, -0.1) is 0 Å². The van der Waals surface area contributed by atoms with Crippen molar-refractivity contribution in [1.82, 2.24) is 10.4 Å². The number of hydrazone groups is 1. The van der Waals surface area contributed by atoms with Crippen LogP contribution >= 0.6 is 0 Å². The first-order chi connectivity index (χ1) is 11.7. The van der Waals surface area contributed by atoms with Crippen LogP contribution in [-0.4, -0.2) is 22.2 Å². The van der Waals surface area contributed by atoms with Crippen molar-refractivity contribution in [2.45, 2.75) is 12.8 Å². The van der Waals surface area contributed by atoms with Gasteiger partial charge >= 0.3 is 0 Å². The number of fused-ring (bicyclic) bond motifs is 1. The fraction of sp³-hybridized carbons (Fsp3) is 0.105. The van der Waals surface area contributed by atoms with E-state index in [1.807, 2.05) is 36.4 Å². The topological polar surface area (TPSA) is 74.6 Å². The molecule has 0 atom stereocenters. The maximum Gasteiger partial charge on any atom is 0.240 e. The number of rotatable bonds is 5. The van der Waals surface area contributed by atoms with Gasteiger partial charge in [0.1, 0.15) is 11.3 Å². The van der Waals surface area contributed by atoms with E-state index in [9.17, 15) is 9.90 Å². The third-order valence-corrected chi connectivity index (χ3v) is 3.66. The lowest BCUT2D eigenvalue weighted by Gasteiger charge is -2.03. The average molecular weight is 319 g/mol. The molecular weight excluding hydrogens is 302 g/mol. The van der Waals surface area contributed by atoms with Gasteiger partial charge < -0.3 is 5.11 Å². The highest BCUT2D eigenvalue weighted by Gasteiger charge is 2.05. The smallest absolute Gasteiger partial charge is 0.240 e. The summed E-state index contributed by atoms with van der Waals surface area (Å²) in [5.74, 6) is -0.0223. The molecule has 0 bridgehead atoms. The quantitative estimate of drug-likeness (QED) is 0.561. The Labute approximate surface area is 139 Å². The maximum atomic E-state index is 11.8. The van der Waals surface area contributed by atoms with E-state index in [1.54, 1.807) is 30.6 Å². The second-order valence-corrected chi connectivity index (χ2v) is 5.35. The lowest BCUT2D eigenvalue weighted by atomic mass is 10.1. The molecule has 0 radical (unpaired) electrons. The average Bonchev–Trinajstić information content (AvgIpc) is 2.63. The van der Waals surface area contributed by atoms with Gasteiger partial charge in [0.15, 0.2) is 0 Å². The highest BCUT2D eigenvalue weighted by atomic mass is 16.3. The van der Waals surface area contributed by atoms with Gasteiger partial charge in [0.25, 0.3) is 0 Å². The van der Waals surface area contributed by atoms with Crippen molar-refractivity contribution < 1.29 is 9.90 Å². The van der Waals surface area contributed by atoms with Crippen LogP contribution in [0.25, 0.3) is 10.9 Å². The van der Waals surface area contributed by atoms with Crippen LogP contribution in [0, 0.1) is 0 Å². The zero-order valence-electron chi connectivity index (χ0n) is 13.0. The van der Waals surface area contributed by atoms with E-state index in [0.29, 0.717) is 18.4 Å². The van der Waals surface area contributed by atoms with Crippen LogP contribution < -0.4 is 5.43 Å². The first-order valence-corrected chi connectivity index (χ1v) is 7.66. The van der Waals surface area contributed by atoms with Gasteiger partial charge in [-0.2, -0.15) is 5.10 Å². The van der Waals surface area contributed by atoms with Crippen molar-refractivity contribution in [3.63, 3.8) is 0 Å². The molecule has 1 amide bonds. The fourth-order valence-electron chi connectivity index (χ4n) is 2.42.